The molecule has 0 unspecified atom stereocenters. The second-order valence-corrected chi connectivity index (χ2v) is 3.67. The van der Waals surface area contributed by atoms with E-state index in [1.165, 1.54) is 0 Å². The van der Waals surface area contributed by atoms with E-state index in [0.29, 0.717) is 30.3 Å². The first-order chi connectivity index (χ1) is 8.56. The van der Waals surface area contributed by atoms with E-state index in [9.17, 15) is 13.2 Å². The Labute approximate surface area is 102 Å². The van der Waals surface area contributed by atoms with Crippen LogP contribution in [0.2, 0.25) is 0 Å². The normalized spacial score (nSPS) is 14.6. The van der Waals surface area contributed by atoms with Crippen LogP contribution in [0.15, 0.2) is 18.2 Å². The highest BCUT2D eigenvalue weighted by atomic mass is 19.4. The van der Waals surface area contributed by atoms with E-state index in [1.807, 2.05) is 0 Å². The molecule has 0 aromatic heterocycles. The van der Waals surface area contributed by atoms with Gasteiger partial charge in [-0.05, 0) is 6.07 Å². The Hall–Kier alpha value is -1.47. The second kappa shape index (κ2) is 5.45. The highest BCUT2D eigenvalue weighted by molar-refractivity contribution is 5.47. The molecule has 0 aliphatic carbocycles. The molecule has 0 fully saturated rings. The summed E-state index contributed by atoms with van der Waals surface area (Å²) in [6.45, 7) is -0.329. The maximum atomic E-state index is 11.8. The Balaban J connectivity index is 1.90. The summed E-state index contributed by atoms with van der Waals surface area (Å²) in [6.07, 6.45) is -4.34. The molecule has 0 saturated carbocycles. The van der Waals surface area contributed by atoms with E-state index in [2.05, 4.69) is 10.3 Å². The molecule has 4 nitrogen and oxygen atoms in total. The molecule has 1 heterocycles. The summed E-state index contributed by atoms with van der Waals surface area (Å²) >= 11 is 0. The van der Waals surface area contributed by atoms with Crippen molar-refractivity contribution in [2.45, 2.75) is 12.7 Å². The van der Waals surface area contributed by atoms with Gasteiger partial charge in [-0.1, -0.05) is 12.1 Å². The van der Waals surface area contributed by atoms with Crippen molar-refractivity contribution in [1.29, 1.82) is 0 Å². The average molecular weight is 263 g/mol. The summed E-state index contributed by atoms with van der Waals surface area (Å²) in [7, 11) is 0. The number of hydroxylamine groups is 1. The highest BCUT2D eigenvalue weighted by Gasteiger charge is 2.27. The SMILES string of the molecule is FC(F)(F)CONCc1cccc2c1OCCO2. The number of halogens is 3. The van der Waals surface area contributed by atoms with Crippen LogP contribution in [0.5, 0.6) is 11.5 Å². The van der Waals surface area contributed by atoms with Crippen molar-refractivity contribution >= 4 is 0 Å². The van der Waals surface area contributed by atoms with Gasteiger partial charge < -0.3 is 9.47 Å². The lowest BCUT2D eigenvalue weighted by molar-refractivity contribution is -0.190. The quantitative estimate of drug-likeness (QED) is 0.666. The minimum atomic E-state index is -4.34. The predicted molar refractivity (Wildman–Crippen MR) is 56.3 cm³/mol. The van der Waals surface area contributed by atoms with Gasteiger partial charge in [0.2, 0.25) is 0 Å². The van der Waals surface area contributed by atoms with Crippen LogP contribution in [-0.4, -0.2) is 26.0 Å². The Bertz CT molecular complexity index is 409. The molecule has 0 saturated heterocycles. The number of nitrogens with one attached hydrogen (secondary N) is 1. The van der Waals surface area contributed by atoms with Crippen LogP contribution in [0.3, 0.4) is 0 Å². The van der Waals surface area contributed by atoms with Crippen molar-refractivity contribution in [2.24, 2.45) is 0 Å². The number of para-hydroxylation sites is 1. The summed E-state index contributed by atoms with van der Waals surface area (Å²) < 4.78 is 46.3. The Morgan fingerprint density at radius 2 is 2.00 bits per heavy atom. The standard InChI is InChI=1S/C11H12F3NO3/c12-11(13,14)7-18-15-6-8-2-1-3-9-10(8)17-5-4-16-9/h1-3,15H,4-7H2. The number of alkyl halides is 3. The topological polar surface area (TPSA) is 39.7 Å². The zero-order valence-electron chi connectivity index (χ0n) is 9.42. The van der Waals surface area contributed by atoms with Gasteiger partial charge in [0.15, 0.2) is 18.1 Å². The molecule has 100 valence electrons. The fourth-order valence-corrected chi connectivity index (χ4v) is 1.53. The Kier molecular flexibility index (Phi) is 3.93. The van der Waals surface area contributed by atoms with Gasteiger partial charge in [-0.3, -0.25) is 4.84 Å². The molecule has 0 atom stereocenters. The lowest BCUT2D eigenvalue weighted by Crippen LogP contribution is -2.25. The Morgan fingerprint density at radius 1 is 1.22 bits per heavy atom. The first kappa shape index (κ1) is 13.0. The monoisotopic (exact) mass is 263 g/mol. The smallest absolute Gasteiger partial charge is 0.413 e. The third-order valence-corrected chi connectivity index (χ3v) is 2.25. The third-order valence-electron chi connectivity index (χ3n) is 2.25. The second-order valence-electron chi connectivity index (χ2n) is 3.67. The fourth-order valence-electron chi connectivity index (χ4n) is 1.53. The number of benzene rings is 1. The van der Waals surface area contributed by atoms with Gasteiger partial charge in [-0.15, -0.1) is 0 Å². The van der Waals surface area contributed by atoms with Crippen molar-refractivity contribution < 1.29 is 27.5 Å². The molecule has 0 spiro atoms. The number of fused-ring (bicyclic) bond motifs is 1. The van der Waals surface area contributed by atoms with Gasteiger partial charge in [-0.2, -0.15) is 18.7 Å². The van der Waals surface area contributed by atoms with E-state index in [0.717, 1.165) is 0 Å². The van der Waals surface area contributed by atoms with Crippen LogP contribution >= 0.6 is 0 Å². The third kappa shape index (κ3) is 3.51. The minimum Gasteiger partial charge on any atom is -0.486 e. The molecule has 7 heteroatoms. The molecule has 1 aromatic carbocycles. The molecule has 0 bridgehead atoms. The van der Waals surface area contributed by atoms with Gasteiger partial charge in [-0.25, -0.2) is 0 Å². The van der Waals surface area contributed by atoms with Gasteiger partial charge in [0, 0.05) is 12.1 Å². The van der Waals surface area contributed by atoms with Crippen LogP contribution in [0.25, 0.3) is 0 Å². The summed E-state index contributed by atoms with van der Waals surface area (Å²) in [5.41, 5.74) is 2.94. The molecule has 2 rings (SSSR count). The van der Waals surface area contributed by atoms with Gasteiger partial charge >= 0.3 is 6.18 Å². The Morgan fingerprint density at radius 3 is 2.78 bits per heavy atom. The molecule has 1 N–H and O–H groups in total. The maximum Gasteiger partial charge on any atom is 0.413 e. The van der Waals surface area contributed by atoms with E-state index in [-0.39, 0.29) is 6.54 Å². The molecule has 0 radical (unpaired) electrons. The zero-order valence-corrected chi connectivity index (χ0v) is 9.42. The van der Waals surface area contributed by atoms with Gasteiger partial charge in [0.1, 0.15) is 13.2 Å². The van der Waals surface area contributed by atoms with Crippen LogP contribution in [0, 0.1) is 0 Å². The molecule has 1 aromatic rings. The molecule has 18 heavy (non-hydrogen) atoms. The van der Waals surface area contributed by atoms with Crippen LogP contribution < -0.4 is 15.0 Å². The lowest BCUT2D eigenvalue weighted by Gasteiger charge is -2.21. The van der Waals surface area contributed by atoms with Crippen LogP contribution in [-0.2, 0) is 11.4 Å². The molecule has 1 aliphatic heterocycles. The minimum absolute atomic E-state index is 0.114. The van der Waals surface area contributed by atoms with Gasteiger partial charge in [0.05, 0.1) is 0 Å². The first-order valence-corrected chi connectivity index (χ1v) is 5.35. The predicted octanol–water partition coefficient (Wildman–Crippen LogP) is 2.04. The average Bonchev–Trinajstić information content (AvgIpc) is 2.33. The number of hydrogen-bond donors (Lipinski definition) is 1. The van der Waals surface area contributed by atoms with Crippen molar-refractivity contribution in [3.63, 3.8) is 0 Å². The maximum absolute atomic E-state index is 11.8. The van der Waals surface area contributed by atoms with E-state index in [1.54, 1.807) is 18.2 Å². The zero-order chi connectivity index (χ0) is 13.0. The number of rotatable bonds is 4. The lowest BCUT2D eigenvalue weighted by atomic mass is 10.2. The summed E-state index contributed by atoms with van der Waals surface area (Å²) in [4.78, 5) is 4.32. The van der Waals surface area contributed by atoms with E-state index < -0.39 is 12.8 Å². The molecular weight excluding hydrogens is 251 g/mol. The van der Waals surface area contributed by atoms with Crippen molar-refractivity contribution in [3.8, 4) is 11.5 Å². The molecule has 0 amide bonds. The molecular formula is C11H12F3NO3. The van der Waals surface area contributed by atoms with E-state index in [4.69, 9.17) is 9.47 Å². The first-order valence-electron chi connectivity index (χ1n) is 5.35. The highest BCUT2D eigenvalue weighted by Crippen LogP contribution is 2.33. The largest absolute Gasteiger partial charge is 0.486 e. The fraction of sp³-hybridized carbons (Fsp3) is 0.455. The van der Waals surface area contributed by atoms with Crippen LogP contribution in [0.1, 0.15) is 5.56 Å². The summed E-state index contributed by atoms with van der Waals surface area (Å²) in [5.74, 6) is 1.14. The number of hydrogen-bond acceptors (Lipinski definition) is 4. The number of ether oxygens (including phenoxy) is 2. The van der Waals surface area contributed by atoms with E-state index >= 15 is 0 Å². The molecule has 1 aliphatic rings. The van der Waals surface area contributed by atoms with Crippen LogP contribution in [0.4, 0.5) is 13.2 Å². The van der Waals surface area contributed by atoms with Gasteiger partial charge in [0.25, 0.3) is 0 Å². The van der Waals surface area contributed by atoms with Crippen molar-refractivity contribution in [3.05, 3.63) is 23.8 Å². The van der Waals surface area contributed by atoms with Crippen molar-refractivity contribution in [2.75, 3.05) is 19.8 Å². The summed E-state index contributed by atoms with van der Waals surface area (Å²) in [6, 6.07) is 5.22. The van der Waals surface area contributed by atoms with Crippen molar-refractivity contribution in [1.82, 2.24) is 5.48 Å². The summed E-state index contributed by atoms with van der Waals surface area (Å²) in [5, 5.41) is 0.